The van der Waals surface area contributed by atoms with Gasteiger partial charge >= 0.3 is 0 Å². The highest BCUT2D eigenvalue weighted by Crippen LogP contribution is 2.28. The Morgan fingerprint density at radius 3 is 2.53 bits per heavy atom. The normalized spacial score (nSPS) is 30.5. The van der Waals surface area contributed by atoms with Crippen molar-refractivity contribution < 1.29 is 13.6 Å². The summed E-state index contributed by atoms with van der Waals surface area (Å²) in [5, 5.41) is 0. The quantitative estimate of drug-likeness (QED) is 0.694. The zero-order valence-electron chi connectivity index (χ0n) is 8.01. The van der Waals surface area contributed by atoms with Crippen LogP contribution in [0.3, 0.4) is 0 Å². The van der Waals surface area contributed by atoms with E-state index in [0.717, 1.165) is 0 Å². The van der Waals surface area contributed by atoms with Crippen LogP contribution in [0.4, 0.5) is 14.5 Å². The molecule has 0 amide bonds. The number of anilines is 1. The predicted molar refractivity (Wildman–Crippen MR) is 53.4 cm³/mol. The zero-order chi connectivity index (χ0) is 10.8. The summed E-state index contributed by atoms with van der Waals surface area (Å²) in [4.78, 5) is 12.2. The number of benzene rings is 1. The van der Waals surface area contributed by atoms with Crippen molar-refractivity contribution >= 4 is 12.0 Å². The van der Waals surface area contributed by atoms with Crippen LogP contribution in [-0.4, -0.2) is 31.2 Å². The van der Waals surface area contributed by atoms with Crippen LogP contribution in [0.1, 0.15) is 0 Å². The van der Waals surface area contributed by atoms with E-state index in [4.69, 9.17) is 0 Å². The Kier molecular flexibility index (Phi) is 2.66. The second-order valence-electron chi connectivity index (χ2n) is 3.58. The van der Waals surface area contributed by atoms with Crippen LogP contribution < -0.4 is 4.90 Å². The van der Waals surface area contributed by atoms with E-state index in [-0.39, 0.29) is 6.54 Å². The van der Waals surface area contributed by atoms with E-state index in [1.54, 1.807) is 24.3 Å². The van der Waals surface area contributed by atoms with Gasteiger partial charge in [-0.1, -0.05) is 18.2 Å². The Hall–Kier alpha value is -1.45. The molecule has 0 bridgehead atoms. The van der Waals surface area contributed by atoms with E-state index >= 15 is 0 Å². The minimum Gasteiger partial charge on any atom is -0.356 e. The van der Waals surface area contributed by atoms with Gasteiger partial charge < -0.3 is 9.69 Å². The maximum atomic E-state index is 13.3. The number of alkyl halides is 2. The van der Waals surface area contributed by atoms with Gasteiger partial charge in [-0.15, -0.1) is 0 Å². The van der Waals surface area contributed by atoms with Crippen molar-refractivity contribution in [3.05, 3.63) is 30.3 Å². The SMILES string of the molecule is O=CC1C(F)C(F)CN1c1ccccc1. The van der Waals surface area contributed by atoms with Gasteiger partial charge in [-0.25, -0.2) is 8.78 Å². The van der Waals surface area contributed by atoms with Crippen molar-refractivity contribution in [2.45, 2.75) is 18.4 Å². The van der Waals surface area contributed by atoms with Crippen LogP contribution in [-0.2, 0) is 4.79 Å². The van der Waals surface area contributed by atoms with Gasteiger partial charge in [-0.05, 0) is 12.1 Å². The molecule has 0 radical (unpaired) electrons. The number of carbonyl (C=O) groups excluding carboxylic acids is 1. The first-order valence-electron chi connectivity index (χ1n) is 4.79. The minimum atomic E-state index is -1.72. The fourth-order valence-electron chi connectivity index (χ4n) is 1.84. The Balaban J connectivity index is 2.27. The second kappa shape index (κ2) is 3.96. The highest BCUT2D eigenvalue weighted by Gasteiger charge is 2.42. The molecular weight excluding hydrogens is 200 g/mol. The molecule has 80 valence electrons. The maximum Gasteiger partial charge on any atom is 0.160 e. The van der Waals surface area contributed by atoms with Gasteiger partial charge in [0.2, 0.25) is 0 Å². The fraction of sp³-hybridized carbons (Fsp3) is 0.364. The van der Waals surface area contributed by atoms with Crippen LogP contribution in [0.5, 0.6) is 0 Å². The number of aldehydes is 1. The monoisotopic (exact) mass is 211 g/mol. The number of hydrogen-bond donors (Lipinski definition) is 0. The van der Waals surface area contributed by atoms with E-state index in [9.17, 15) is 13.6 Å². The van der Waals surface area contributed by atoms with Crippen LogP contribution in [0.2, 0.25) is 0 Å². The second-order valence-corrected chi connectivity index (χ2v) is 3.58. The Labute approximate surface area is 86.5 Å². The maximum absolute atomic E-state index is 13.3. The molecule has 1 aliphatic heterocycles. The summed E-state index contributed by atoms with van der Waals surface area (Å²) in [6, 6.07) is 7.84. The van der Waals surface area contributed by atoms with Gasteiger partial charge in [0.05, 0.1) is 6.54 Å². The molecule has 1 fully saturated rings. The number of nitrogens with zero attached hydrogens (tertiary/aromatic N) is 1. The van der Waals surface area contributed by atoms with Gasteiger partial charge in [-0.3, -0.25) is 0 Å². The Morgan fingerprint density at radius 1 is 1.27 bits per heavy atom. The first kappa shape index (κ1) is 10.1. The summed E-state index contributed by atoms with van der Waals surface area (Å²) < 4.78 is 26.4. The lowest BCUT2D eigenvalue weighted by atomic mass is 10.2. The number of rotatable bonds is 2. The first-order valence-corrected chi connectivity index (χ1v) is 4.79. The van der Waals surface area contributed by atoms with Crippen molar-refractivity contribution in [2.75, 3.05) is 11.4 Å². The van der Waals surface area contributed by atoms with Crippen molar-refractivity contribution in [1.82, 2.24) is 0 Å². The molecule has 15 heavy (non-hydrogen) atoms. The minimum absolute atomic E-state index is 0.0609. The molecule has 2 nitrogen and oxygen atoms in total. The Bertz CT molecular complexity index is 344. The molecule has 0 aliphatic carbocycles. The van der Waals surface area contributed by atoms with Gasteiger partial charge in [-0.2, -0.15) is 0 Å². The molecule has 1 aliphatic rings. The van der Waals surface area contributed by atoms with Crippen LogP contribution in [0, 0.1) is 0 Å². The molecule has 1 aromatic rings. The summed E-state index contributed by atoms with van der Waals surface area (Å²) in [5.74, 6) is 0. The summed E-state index contributed by atoms with van der Waals surface area (Å²) >= 11 is 0. The standard InChI is InChI=1S/C11H11F2NO/c12-9-6-14(10(7-15)11(9)13)8-4-2-1-3-5-8/h1-5,7,9-11H,6H2. The van der Waals surface area contributed by atoms with Crippen LogP contribution >= 0.6 is 0 Å². The predicted octanol–water partition coefficient (Wildman–Crippen LogP) is 1.75. The fourth-order valence-corrected chi connectivity index (χ4v) is 1.84. The molecule has 0 spiro atoms. The summed E-state index contributed by atoms with van der Waals surface area (Å²) in [6.07, 6.45) is -2.83. The molecule has 1 saturated heterocycles. The lowest BCUT2D eigenvalue weighted by Gasteiger charge is -2.22. The van der Waals surface area contributed by atoms with Crippen molar-refractivity contribution in [3.8, 4) is 0 Å². The Morgan fingerprint density at radius 2 is 1.93 bits per heavy atom. The highest BCUT2D eigenvalue weighted by molar-refractivity contribution is 5.69. The number of para-hydroxylation sites is 1. The average molecular weight is 211 g/mol. The topological polar surface area (TPSA) is 20.3 Å². The molecule has 2 rings (SSSR count). The van der Waals surface area contributed by atoms with Crippen LogP contribution in [0.25, 0.3) is 0 Å². The molecule has 3 atom stereocenters. The van der Waals surface area contributed by atoms with Gasteiger partial charge in [0, 0.05) is 5.69 Å². The number of hydrogen-bond acceptors (Lipinski definition) is 2. The summed E-state index contributed by atoms with van der Waals surface area (Å²) in [6.45, 7) is -0.0609. The number of carbonyl (C=O) groups is 1. The van der Waals surface area contributed by atoms with E-state index in [0.29, 0.717) is 12.0 Å². The van der Waals surface area contributed by atoms with Crippen molar-refractivity contribution in [1.29, 1.82) is 0 Å². The van der Waals surface area contributed by atoms with Gasteiger partial charge in [0.15, 0.2) is 12.3 Å². The van der Waals surface area contributed by atoms with E-state index in [1.807, 2.05) is 6.07 Å². The largest absolute Gasteiger partial charge is 0.356 e. The first-order chi connectivity index (χ1) is 7.24. The smallest absolute Gasteiger partial charge is 0.160 e. The lowest BCUT2D eigenvalue weighted by Crippen LogP contribution is -2.35. The third kappa shape index (κ3) is 1.71. The number of halogens is 2. The van der Waals surface area contributed by atoms with Gasteiger partial charge in [0.1, 0.15) is 12.3 Å². The summed E-state index contributed by atoms with van der Waals surface area (Å²) in [7, 11) is 0. The van der Waals surface area contributed by atoms with E-state index in [2.05, 4.69) is 0 Å². The molecule has 0 saturated carbocycles. The molecular formula is C11H11F2NO. The average Bonchev–Trinajstić information content (AvgIpc) is 2.56. The highest BCUT2D eigenvalue weighted by atomic mass is 19.2. The molecule has 0 N–H and O–H groups in total. The third-order valence-electron chi connectivity index (χ3n) is 2.63. The summed E-state index contributed by atoms with van der Waals surface area (Å²) in [5.41, 5.74) is 0.678. The van der Waals surface area contributed by atoms with Crippen molar-refractivity contribution in [2.24, 2.45) is 0 Å². The van der Waals surface area contributed by atoms with Crippen molar-refractivity contribution in [3.63, 3.8) is 0 Å². The third-order valence-corrected chi connectivity index (χ3v) is 2.63. The van der Waals surface area contributed by atoms with Gasteiger partial charge in [0.25, 0.3) is 0 Å². The molecule has 4 heteroatoms. The van der Waals surface area contributed by atoms with E-state index < -0.39 is 18.4 Å². The molecule has 1 aromatic carbocycles. The molecule has 1 heterocycles. The van der Waals surface area contributed by atoms with Crippen LogP contribution in [0.15, 0.2) is 30.3 Å². The molecule has 0 aromatic heterocycles. The molecule has 3 unspecified atom stereocenters. The lowest BCUT2D eigenvalue weighted by molar-refractivity contribution is -0.109. The zero-order valence-corrected chi connectivity index (χ0v) is 8.01. The van der Waals surface area contributed by atoms with E-state index in [1.165, 1.54) is 4.90 Å².